The number of halogens is 2. The Kier molecular flexibility index (Phi) is 6.95. The summed E-state index contributed by atoms with van der Waals surface area (Å²) in [7, 11) is 0. The Morgan fingerprint density at radius 3 is 2.80 bits per heavy atom. The number of amides is 1. The van der Waals surface area contributed by atoms with Gasteiger partial charge in [0.25, 0.3) is 5.69 Å². The van der Waals surface area contributed by atoms with E-state index >= 15 is 0 Å². The van der Waals surface area contributed by atoms with Crippen molar-refractivity contribution in [3.05, 3.63) is 56.0 Å². The van der Waals surface area contributed by atoms with Gasteiger partial charge in [-0.2, -0.15) is 0 Å². The molecule has 0 aliphatic rings. The molecule has 0 bridgehead atoms. The van der Waals surface area contributed by atoms with E-state index in [1.165, 1.54) is 18.2 Å². The Labute approximate surface area is 188 Å². The first kappa shape index (κ1) is 22.1. The summed E-state index contributed by atoms with van der Waals surface area (Å²) in [5.74, 6) is 0.123. The molecule has 0 unspecified atom stereocenters. The van der Waals surface area contributed by atoms with Gasteiger partial charge in [0.15, 0.2) is 11.0 Å². The number of nitrogens with one attached hydrogen (secondary N) is 1. The molecule has 30 heavy (non-hydrogen) atoms. The van der Waals surface area contributed by atoms with Gasteiger partial charge in [-0.15, -0.1) is 10.2 Å². The van der Waals surface area contributed by atoms with Crippen LogP contribution >= 0.6 is 39.3 Å². The zero-order chi connectivity index (χ0) is 21.8. The van der Waals surface area contributed by atoms with Crippen LogP contribution in [0.2, 0.25) is 5.02 Å². The first-order chi connectivity index (χ1) is 14.3. The summed E-state index contributed by atoms with van der Waals surface area (Å²) in [6.07, 6.45) is 0. The van der Waals surface area contributed by atoms with Crippen LogP contribution in [0.25, 0.3) is 11.4 Å². The highest BCUT2D eigenvalue weighted by Crippen LogP contribution is 2.33. The minimum Gasteiger partial charge on any atom is -0.507 e. The lowest BCUT2D eigenvalue weighted by molar-refractivity contribution is -0.384. The van der Waals surface area contributed by atoms with E-state index in [-0.39, 0.29) is 27.9 Å². The smallest absolute Gasteiger partial charge is 0.271 e. The van der Waals surface area contributed by atoms with E-state index < -0.39 is 10.8 Å². The van der Waals surface area contributed by atoms with Gasteiger partial charge in [0.2, 0.25) is 5.91 Å². The van der Waals surface area contributed by atoms with Gasteiger partial charge < -0.3 is 15.0 Å². The van der Waals surface area contributed by atoms with E-state index in [1.54, 1.807) is 22.8 Å². The summed E-state index contributed by atoms with van der Waals surface area (Å²) >= 11 is 10.5. The van der Waals surface area contributed by atoms with Gasteiger partial charge in [-0.1, -0.05) is 39.3 Å². The third-order valence-electron chi connectivity index (χ3n) is 4.00. The van der Waals surface area contributed by atoms with Crippen molar-refractivity contribution in [2.45, 2.75) is 18.6 Å². The van der Waals surface area contributed by atoms with Gasteiger partial charge in [-0.25, -0.2) is 0 Å². The zero-order valence-corrected chi connectivity index (χ0v) is 18.7. The quantitative estimate of drug-likeness (QED) is 0.266. The molecule has 0 fully saturated rings. The maximum absolute atomic E-state index is 12.3. The summed E-state index contributed by atoms with van der Waals surface area (Å²) in [4.78, 5) is 22.7. The molecular formula is C18H15BrClN5O4S. The van der Waals surface area contributed by atoms with Gasteiger partial charge in [0, 0.05) is 23.2 Å². The number of non-ortho nitro benzene ring substituents is 1. The number of rotatable bonds is 7. The Hall–Kier alpha value is -2.63. The summed E-state index contributed by atoms with van der Waals surface area (Å²) < 4.78 is 2.56. The number of nitro groups is 1. The molecule has 2 aromatic carbocycles. The van der Waals surface area contributed by atoms with E-state index in [2.05, 4.69) is 31.4 Å². The van der Waals surface area contributed by atoms with Gasteiger partial charge in [-0.05, 0) is 31.2 Å². The van der Waals surface area contributed by atoms with Crippen molar-refractivity contribution in [2.24, 2.45) is 0 Å². The minimum absolute atomic E-state index is 0.0123. The second-order valence-electron chi connectivity index (χ2n) is 5.97. The highest BCUT2D eigenvalue weighted by atomic mass is 79.9. The molecule has 156 valence electrons. The van der Waals surface area contributed by atoms with Crippen LogP contribution in [0.1, 0.15) is 6.92 Å². The second-order valence-corrected chi connectivity index (χ2v) is 8.24. The maximum Gasteiger partial charge on any atom is 0.271 e. The van der Waals surface area contributed by atoms with E-state index in [4.69, 9.17) is 11.6 Å². The Balaban J connectivity index is 1.74. The normalized spacial score (nSPS) is 10.8. The fourth-order valence-corrected chi connectivity index (χ4v) is 3.93. The minimum atomic E-state index is -0.566. The van der Waals surface area contributed by atoms with E-state index in [0.717, 1.165) is 16.2 Å². The third-order valence-corrected chi connectivity index (χ3v) is 5.79. The zero-order valence-electron chi connectivity index (χ0n) is 15.5. The molecule has 0 aliphatic heterocycles. The Morgan fingerprint density at radius 2 is 2.10 bits per heavy atom. The average Bonchev–Trinajstić information content (AvgIpc) is 3.12. The van der Waals surface area contributed by atoms with Crippen LogP contribution in [0.5, 0.6) is 5.75 Å². The molecule has 0 radical (unpaired) electrons. The Morgan fingerprint density at radius 1 is 1.33 bits per heavy atom. The summed E-state index contributed by atoms with van der Waals surface area (Å²) in [6.45, 7) is 2.42. The Bertz CT molecular complexity index is 1120. The van der Waals surface area contributed by atoms with Crippen molar-refractivity contribution in [2.75, 3.05) is 11.1 Å². The predicted octanol–water partition coefficient (Wildman–Crippen LogP) is 4.73. The molecule has 2 N–H and O–H groups in total. The maximum atomic E-state index is 12.3. The number of benzene rings is 2. The summed E-state index contributed by atoms with van der Waals surface area (Å²) in [5, 5.41) is 32.6. The van der Waals surface area contributed by atoms with Crippen molar-refractivity contribution in [3.63, 3.8) is 0 Å². The van der Waals surface area contributed by atoms with E-state index in [1.807, 2.05) is 6.92 Å². The number of carbonyl (C=O) groups excluding carboxylic acids is 1. The van der Waals surface area contributed by atoms with E-state index in [9.17, 15) is 20.0 Å². The molecule has 0 aliphatic carbocycles. The number of hydrogen-bond donors (Lipinski definition) is 2. The van der Waals surface area contributed by atoms with Gasteiger partial charge >= 0.3 is 0 Å². The molecule has 1 aromatic heterocycles. The SMILES string of the molecule is CCn1c(SCC(=O)Nc2cc([N+](=O)[O-])ccc2Cl)nnc1-c1cc(Br)ccc1O. The molecule has 0 spiro atoms. The molecule has 12 heteroatoms. The number of phenolic OH excluding ortho intramolecular Hbond substituents is 1. The molecule has 0 saturated heterocycles. The number of aromatic nitrogens is 3. The van der Waals surface area contributed by atoms with Gasteiger partial charge in [0.1, 0.15) is 5.75 Å². The van der Waals surface area contributed by atoms with Crippen LogP contribution in [0.3, 0.4) is 0 Å². The number of nitro benzene ring substituents is 1. The molecule has 0 saturated carbocycles. The molecule has 1 amide bonds. The molecule has 1 heterocycles. The molecule has 0 atom stereocenters. The molecular weight excluding hydrogens is 498 g/mol. The topological polar surface area (TPSA) is 123 Å². The number of anilines is 1. The molecule has 3 rings (SSSR count). The van der Waals surface area contributed by atoms with Crippen LogP contribution in [0.4, 0.5) is 11.4 Å². The first-order valence-electron chi connectivity index (χ1n) is 8.58. The lowest BCUT2D eigenvalue weighted by Crippen LogP contribution is -2.15. The van der Waals surface area contributed by atoms with Crippen LogP contribution in [0.15, 0.2) is 46.0 Å². The van der Waals surface area contributed by atoms with Crippen LogP contribution in [-0.4, -0.2) is 36.5 Å². The standard InChI is InChI=1S/C18H15BrClN5O4S/c1-2-24-17(12-7-10(19)3-6-15(12)26)22-23-18(24)30-9-16(27)21-14-8-11(25(28)29)4-5-13(14)20/h3-8,26H,2,9H2,1H3,(H,21,27). The number of phenols is 1. The van der Waals surface area contributed by atoms with Crippen molar-refractivity contribution in [1.29, 1.82) is 0 Å². The fourth-order valence-electron chi connectivity index (χ4n) is 2.61. The highest BCUT2D eigenvalue weighted by molar-refractivity contribution is 9.10. The number of thioether (sulfide) groups is 1. The van der Waals surface area contributed by atoms with Crippen molar-refractivity contribution < 1.29 is 14.8 Å². The number of carbonyl (C=O) groups is 1. The lowest BCUT2D eigenvalue weighted by Gasteiger charge is -2.09. The average molecular weight is 513 g/mol. The summed E-state index contributed by atoms with van der Waals surface area (Å²) in [6, 6.07) is 8.81. The van der Waals surface area contributed by atoms with Crippen molar-refractivity contribution >= 4 is 56.6 Å². The van der Waals surface area contributed by atoms with Crippen LogP contribution in [-0.2, 0) is 11.3 Å². The van der Waals surface area contributed by atoms with Crippen molar-refractivity contribution in [1.82, 2.24) is 14.8 Å². The van der Waals surface area contributed by atoms with E-state index in [0.29, 0.717) is 23.1 Å². The number of nitrogens with zero attached hydrogens (tertiary/aromatic N) is 4. The second kappa shape index (κ2) is 9.45. The first-order valence-corrected chi connectivity index (χ1v) is 10.7. The van der Waals surface area contributed by atoms with Gasteiger partial charge in [-0.3, -0.25) is 14.9 Å². The van der Waals surface area contributed by atoms with Crippen LogP contribution < -0.4 is 5.32 Å². The third kappa shape index (κ3) is 4.91. The molecule has 9 nitrogen and oxygen atoms in total. The molecule has 3 aromatic rings. The largest absolute Gasteiger partial charge is 0.507 e. The highest BCUT2D eigenvalue weighted by Gasteiger charge is 2.18. The lowest BCUT2D eigenvalue weighted by atomic mass is 10.2. The number of hydrogen-bond acceptors (Lipinski definition) is 7. The summed E-state index contributed by atoms with van der Waals surface area (Å²) in [5.41, 5.74) is 0.498. The predicted molar refractivity (Wildman–Crippen MR) is 118 cm³/mol. The van der Waals surface area contributed by atoms with Gasteiger partial charge in [0.05, 0.1) is 26.9 Å². The fraction of sp³-hybridized carbons (Fsp3) is 0.167. The number of aromatic hydroxyl groups is 1. The monoisotopic (exact) mass is 511 g/mol. The van der Waals surface area contributed by atoms with Crippen molar-refractivity contribution in [3.8, 4) is 17.1 Å². The van der Waals surface area contributed by atoms with Crippen LogP contribution in [0, 0.1) is 10.1 Å².